The Morgan fingerprint density at radius 1 is 1.53 bits per heavy atom. The van der Waals surface area contributed by atoms with Crippen LogP contribution in [0.1, 0.15) is 24.7 Å². The molecule has 0 saturated heterocycles. The van der Waals surface area contributed by atoms with Crippen molar-refractivity contribution < 1.29 is 9.53 Å². The van der Waals surface area contributed by atoms with E-state index >= 15 is 0 Å². The fourth-order valence-corrected chi connectivity index (χ4v) is 1.06. The first-order chi connectivity index (χ1) is 7.22. The van der Waals surface area contributed by atoms with Crippen molar-refractivity contribution in [2.24, 2.45) is 0 Å². The average molecular weight is 206 g/mol. The molecule has 0 spiro atoms. The molecule has 0 aliphatic carbocycles. The quantitative estimate of drug-likeness (QED) is 0.704. The van der Waals surface area contributed by atoms with E-state index in [4.69, 9.17) is 4.74 Å². The lowest BCUT2D eigenvalue weighted by atomic mass is 10.3. The molecule has 1 rings (SSSR count). The highest BCUT2D eigenvalue weighted by atomic mass is 16.5. The molecule has 4 heteroatoms. The second-order valence-electron chi connectivity index (χ2n) is 3.00. The summed E-state index contributed by atoms with van der Waals surface area (Å²) in [7, 11) is 0. The molecule has 0 saturated carbocycles. The maximum absolute atomic E-state index is 11.0. The van der Waals surface area contributed by atoms with Crippen LogP contribution in [-0.4, -0.2) is 22.5 Å². The fourth-order valence-electron chi connectivity index (χ4n) is 1.06. The Balaban J connectivity index is 2.48. The Morgan fingerprint density at radius 3 is 3.00 bits per heavy atom. The van der Waals surface area contributed by atoms with Gasteiger partial charge in [0.2, 0.25) is 0 Å². The Bertz CT molecular complexity index is 361. The first kappa shape index (κ1) is 11.4. The standard InChI is InChI=1S/C11H14N2O2/c1-3-15-11(14)6-4-5-10-8-12-7-9(2)13-10/h4-5,7-8H,3,6H2,1-2H3. The molecular weight excluding hydrogens is 192 g/mol. The van der Waals surface area contributed by atoms with Gasteiger partial charge in [0.05, 0.1) is 30.6 Å². The summed E-state index contributed by atoms with van der Waals surface area (Å²) in [6.45, 7) is 4.07. The van der Waals surface area contributed by atoms with Gasteiger partial charge < -0.3 is 4.74 Å². The van der Waals surface area contributed by atoms with E-state index in [1.165, 1.54) is 0 Å². The smallest absolute Gasteiger partial charge is 0.309 e. The maximum Gasteiger partial charge on any atom is 0.309 e. The summed E-state index contributed by atoms with van der Waals surface area (Å²) < 4.78 is 4.78. The van der Waals surface area contributed by atoms with E-state index in [2.05, 4.69) is 9.97 Å². The predicted octanol–water partition coefficient (Wildman–Crippen LogP) is 1.75. The van der Waals surface area contributed by atoms with E-state index in [0.29, 0.717) is 6.61 Å². The summed E-state index contributed by atoms with van der Waals surface area (Å²) in [6, 6.07) is 0. The average Bonchev–Trinajstić information content (AvgIpc) is 2.18. The number of rotatable bonds is 4. The number of hydrogen-bond donors (Lipinski definition) is 0. The molecule has 80 valence electrons. The van der Waals surface area contributed by atoms with E-state index in [0.717, 1.165) is 11.4 Å². The molecule has 1 aromatic rings. The molecule has 0 aromatic carbocycles. The van der Waals surface area contributed by atoms with Crippen molar-refractivity contribution in [1.29, 1.82) is 0 Å². The van der Waals surface area contributed by atoms with Crippen molar-refractivity contribution in [3.8, 4) is 0 Å². The van der Waals surface area contributed by atoms with Gasteiger partial charge in [0.15, 0.2) is 0 Å². The molecule has 0 amide bonds. The second-order valence-corrected chi connectivity index (χ2v) is 3.00. The number of aryl methyl sites for hydroxylation is 1. The minimum atomic E-state index is -0.227. The second kappa shape index (κ2) is 5.90. The van der Waals surface area contributed by atoms with Crippen LogP contribution in [-0.2, 0) is 9.53 Å². The molecule has 4 nitrogen and oxygen atoms in total. The van der Waals surface area contributed by atoms with Gasteiger partial charge in [-0.2, -0.15) is 0 Å². The molecule has 0 fully saturated rings. The van der Waals surface area contributed by atoms with Crippen molar-refractivity contribution in [2.75, 3.05) is 6.61 Å². The molecule has 1 aromatic heterocycles. The maximum atomic E-state index is 11.0. The highest BCUT2D eigenvalue weighted by Gasteiger charge is 1.96. The third-order valence-electron chi connectivity index (χ3n) is 1.65. The van der Waals surface area contributed by atoms with Crippen LogP contribution in [0, 0.1) is 6.92 Å². The Kier molecular flexibility index (Phi) is 4.47. The molecule has 1 heterocycles. The van der Waals surface area contributed by atoms with Crippen LogP contribution in [0.3, 0.4) is 0 Å². The first-order valence-electron chi connectivity index (χ1n) is 4.83. The van der Waals surface area contributed by atoms with Gasteiger partial charge in [0.1, 0.15) is 0 Å². The number of esters is 1. The number of hydrogen-bond acceptors (Lipinski definition) is 4. The highest BCUT2D eigenvalue weighted by Crippen LogP contribution is 1.99. The van der Waals surface area contributed by atoms with Crippen molar-refractivity contribution in [2.45, 2.75) is 20.3 Å². The number of nitrogens with zero attached hydrogens (tertiary/aromatic N) is 2. The third-order valence-corrected chi connectivity index (χ3v) is 1.65. The van der Waals surface area contributed by atoms with Crippen molar-refractivity contribution in [3.63, 3.8) is 0 Å². The largest absolute Gasteiger partial charge is 0.466 e. The topological polar surface area (TPSA) is 52.1 Å². The lowest BCUT2D eigenvalue weighted by molar-refractivity contribution is -0.142. The van der Waals surface area contributed by atoms with Gasteiger partial charge in [-0.25, -0.2) is 0 Å². The molecule has 0 aliphatic heterocycles. The van der Waals surface area contributed by atoms with Crippen LogP contribution >= 0.6 is 0 Å². The minimum absolute atomic E-state index is 0.227. The van der Waals surface area contributed by atoms with Gasteiger partial charge in [-0.05, 0) is 19.9 Å². The minimum Gasteiger partial charge on any atom is -0.466 e. The van der Waals surface area contributed by atoms with E-state index in [1.54, 1.807) is 31.5 Å². The van der Waals surface area contributed by atoms with Gasteiger partial charge in [-0.3, -0.25) is 14.8 Å². The van der Waals surface area contributed by atoms with Crippen LogP contribution in [0.4, 0.5) is 0 Å². The van der Waals surface area contributed by atoms with E-state index in [1.807, 2.05) is 6.92 Å². The van der Waals surface area contributed by atoms with Crippen molar-refractivity contribution in [3.05, 3.63) is 29.9 Å². The normalized spacial score (nSPS) is 10.5. The van der Waals surface area contributed by atoms with Gasteiger partial charge >= 0.3 is 5.97 Å². The fraction of sp³-hybridized carbons (Fsp3) is 0.364. The molecule has 0 bridgehead atoms. The molecule has 0 N–H and O–H groups in total. The van der Waals surface area contributed by atoms with Crippen molar-refractivity contribution in [1.82, 2.24) is 9.97 Å². The molecule has 0 unspecified atom stereocenters. The molecule has 15 heavy (non-hydrogen) atoms. The van der Waals surface area contributed by atoms with Gasteiger partial charge in [-0.1, -0.05) is 6.08 Å². The van der Waals surface area contributed by atoms with Crippen LogP contribution in [0.15, 0.2) is 18.5 Å². The summed E-state index contributed by atoms with van der Waals surface area (Å²) in [6.07, 6.45) is 7.08. The number of aromatic nitrogens is 2. The van der Waals surface area contributed by atoms with Crippen LogP contribution in [0.5, 0.6) is 0 Å². The summed E-state index contributed by atoms with van der Waals surface area (Å²) in [4.78, 5) is 19.2. The van der Waals surface area contributed by atoms with Gasteiger partial charge in [-0.15, -0.1) is 0 Å². The molecule has 0 atom stereocenters. The molecule has 0 radical (unpaired) electrons. The summed E-state index contributed by atoms with van der Waals surface area (Å²) in [5, 5.41) is 0. The summed E-state index contributed by atoms with van der Waals surface area (Å²) >= 11 is 0. The van der Waals surface area contributed by atoms with Crippen LogP contribution in [0.2, 0.25) is 0 Å². The SMILES string of the molecule is CCOC(=O)CC=Cc1cncc(C)n1. The van der Waals surface area contributed by atoms with Crippen LogP contribution in [0.25, 0.3) is 6.08 Å². The third kappa shape index (κ3) is 4.35. The van der Waals surface area contributed by atoms with E-state index in [-0.39, 0.29) is 12.4 Å². The lowest BCUT2D eigenvalue weighted by Crippen LogP contribution is -2.01. The molecular formula is C11H14N2O2. The van der Waals surface area contributed by atoms with Crippen LogP contribution < -0.4 is 0 Å². The number of ether oxygens (including phenoxy) is 1. The van der Waals surface area contributed by atoms with E-state index < -0.39 is 0 Å². The molecule has 0 aliphatic rings. The Hall–Kier alpha value is -1.71. The summed E-state index contributed by atoms with van der Waals surface area (Å²) in [5.41, 5.74) is 1.60. The van der Waals surface area contributed by atoms with Gasteiger partial charge in [0, 0.05) is 6.20 Å². The zero-order chi connectivity index (χ0) is 11.1. The first-order valence-corrected chi connectivity index (χ1v) is 4.83. The summed E-state index contributed by atoms with van der Waals surface area (Å²) in [5.74, 6) is -0.227. The monoisotopic (exact) mass is 206 g/mol. The Labute approximate surface area is 89.0 Å². The zero-order valence-corrected chi connectivity index (χ0v) is 8.93. The lowest BCUT2D eigenvalue weighted by Gasteiger charge is -1.97. The van der Waals surface area contributed by atoms with E-state index in [9.17, 15) is 4.79 Å². The number of carbonyl (C=O) groups excluding carboxylic acids is 1. The highest BCUT2D eigenvalue weighted by molar-refractivity contribution is 5.72. The van der Waals surface area contributed by atoms with Gasteiger partial charge in [0.25, 0.3) is 0 Å². The number of carbonyl (C=O) groups is 1. The van der Waals surface area contributed by atoms with Crippen molar-refractivity contribution >= 4 is 12.0 Å². The predicted molar refractivity (Wildman–Crippen MR) is 57.1 cm³/mol. The zero-order valence-electron chi connectivity index (χ0n) is 8.93. The Morgan fingerprint density at radius 2 is 2.33 bits per heavy atom.